The lowest BCUT2D eigenvalue weighted by molar-refractivity contribution is 0.00119. The first-order valence-electron chi connectivity index (χ1n) is 8.40. The van der Waals surface area contributed by atoms with Gasteiger partial charge in [0.1, 0.15) is 11.2 Å². The highest BCUT2D eigenvalue weighted by Crippen LogP contribution is 2.15. The van der Waals surface area contributed by atoms with Crippen LogP contribution in [0.15, 0.2) is 0 Å². The molecule has 0 unspecified atom stereocenters. The van der Waals surface area contributed by atoms with Crippen LogP contribution in [0.2, 0.25) is 0 Å². The van der Waals surface area contributed by atoms with E-state index in [1.165, 1.54) is 0 Å². The summed E-state index contributed by atoms with van der Waals surface area (Å²) in [6.45, 7) is 11.6. The number of carbonyl (C=O) groups is 2. The summed E-state index contributed by atoms with van der Waals surface area (Å²) in [5.74, 6) is 0. The monoisotopic (exact) mass is 330 g/mol. The van der Waals surface area contributed by atoms with Crippen molar-refractivity contribution in [1.82, 2.24) is 4.90 Å². The van der Waals surface area contributed by atoms with Gasteiger partial charge in [0, 0.05) is 6.54 Å². The maximum atomic E-state index is 12.2. The number of hydrogen-bond acceptors (Lipinski definition) is 5. The topological polar surface area (TPSA) is 81.9 Å². The van der Waals surface area contributed by atoms with Gasteiger partial charge in [-0.25, -0.2) is 14.5 Å². The molecular weight excluding hydrogens is 296 g/mol. The number of rotatable bonds is 7. The molecule has 0 saturated heterocycles. The number of nitrogens with two attached hydrogens (primary N) is 1. The van der Waals surface area contributed by atoms with Crippen molar-refractivity contribution >= 4 is 12.2 Å². The number of ether oxygens (including phenoxy) is 2. The molecule has 0 aliphatic carbocycles. The van der Waals surface area contributed by atoms with Crippen molar-refractivity contribution in [2.75, 3.05) is 13.1 Å². The lowest BCUT2D eigenvalue weighted by atomic mass is 10.1. The van der Waals surface area contributed by atoms with Gasteiger partial charge in [0.2, 0.25) is 0 Å². The molecule has 6 heteroatoms. The molecule has 0 rings (SSSR count). The minimum absolute atomic E-state index is 0.298. The van der Waals surface area contributed by atoms with Crippen molar-refractivity contribution in [2.45, 2.75) is 84.8 Å². The smallest absolute Gasteiger partial charge is 0.419 e. The second-order valence-electron chi connectivity index (χ2n) is 7.67. The molecule has 0 spiro atoms. The molecule has 0 saturated carbocycles. The fourth-order valence-corrected chi connectivity index (χ4v) is 1.84. The van der Waals surface area contributed by atoms with E-state index in [9.17, 15) is 9.59 Å². The number of imide groups is 1. The zero-order valence-corrected chi connectivity index (χ0v) is 15.6. The molecule has 0 atom stereocenters. The van der Waals surface area contributed by atoms with Crippen molar-refractivity contribution in [3.63, 3.8) is 0 Å². The van der Waals surface area contributed by atoms with Crippen molar-refractivity contribution < 1.29 is 19.1 Å². The Morgan fingerprint density at radius 1 is 0.783 bits per heavy atom. The molecule has 0 bridgehead atoms. The van der Waals surface area contributed by atoms with Gasteiger partial charge < -0.3 is 15.2 Å². The van der Waals surface area contributed by atoms with Crippen molar-refractivity contribution in [3.05, 3.63) is 0 Å². The molecule has 23 heavy (non-hydrogen) atoms. The summed E-state index contributed by atoms with van der Waals surface area (Å²) in [6.07, 6.45) is 3.44. The highest BCUT2D eigenvalue weighted by atomic mass is 16.6. The molecule has 2 N–H and O–H groups in total. The second kappa shape index (κ2) is 9.75. The molecular formula is C17H34N2O4. The van der Waals surface area contributed by atoms with Gasteiger partial charge in [-0.1, -0.05) is 19.3 Å². The molecule has 136 valence electrons. The Hall–Kier alpha value is -1.30. The van der Waals surface area contributed by atoms with E-state index < -0.39 is 23.4 Å². The van der Waals surface area contributed by atoms with Gasteiger partial charge in [-0.3, -0.25) is 0 Å². The molecule has 0 heterocycles. The number of hydrogen-bond donors (Lipinski definition) is 1. The third-order valence-corrected chi connectivity index (χ3v) is 2.81. The maximum absolute atomic E-state index is 12.2. The predicted octanol–water partition coefficient (Wildman–Crippen LogP) is 4.07. The third-order valence-electron chi connectivity index (χ3n) is 2.81. The van der Waals surface area contributed by atoms with Crippen LogP contribution in [-0.2, 0) is 9.47 Å². The lowest BCUT2D eigenvalue weighted by Crippen LogP contribution is -2.44. The quantitative estimate of drug-likeness (QED) is 0.712. The van der Waals surface area contributed by atoms with E-state index in [0.717, 1.165) is 37.0 Å². The Kier molecular flexibility index (Phi) is 9.20. The standard InChI is InChI=1S/C17H34N2O4/c1-16(2,3)22-14(20)19(15(21)23-17(4,5)6)13-11-9-7-8-10-12-18/h7-13,18H2,1-6H3. The summed E-state index contributed by atoms with van der Waals surface area (Å²) in [5, 5.41) is 0. The van der Waals surface area contributed by atoms with Crippen LogP contribution in [0, 0.1) is 0 Å². The first-order valence-corrected chi connectivity index (χ1v) is 8.40. The van der Waals surface area contributed by atoms with Gasteiger partial charge in [0.25, 0.3) is 0 Å². The van der Waals surface area contributed by atoms with Crippen LogP contribution in [0.1, 0.15) is 73.6 Å². The van der Waals surface area contributed by atoms with E-state index in [0.29, 0.717) is 13.1 Å². The van der Waals surface area contributed by atoms with Crippen LogP contribution in [0.4, 0.5) is 9.59 Å². The zero-order chi connectivity index (χ0) is 18.1. The molecule has 6 nitrogen and oxygen atoms in total. The average molecular weight is 330 g/mol. The van der Waals surface area contributed by atoms with Gasteiger partial charge in [0.05, 0.1) is 0 Å². The normalized spacial score (nSPS) is 12.0. The van der Waals surface area contributed by atoms with Gasteiger partial charge in [-0.15, -0.1) is 0 Å². The van der Waals surface area contributed by atoms with Gasteiger partial charge in [0.15, 0.2) is 0 Å². The zero-order valence-electron chi connectivity index (χ0n) is 15.6. The Bertz CT molecular complexity index is 342. The number of nitrogens with zero attached hydrogens (tertiary/aromatic N) is 1. The van der Waals surface area contributed by atoms with E-state index in [-0.39, 0.29) is 0 Å². The molecule has 0 radical (unpaired) electrons. The Morgan fingerprint density at radius 3 is 1.57 bits per heavy atom. The van der Waals surface area contributed by atoms with Crippen LogP contribution in [0.25, 0.3) is 0 Å². The van der Waals surface area contributed by atoms with Crippen molar-refractivity contribution in [3.8, 4) is 0 Å². The van der Waals surface area contributed by atoms with Crippen LogP contribution >= 0.6 is 0 Å². The summed E-state index contributed by atoms with van der Waals surface area (Å²) in [4.78, 5) is 25.5. The molecule has 0 fully saturated rings. The van der Waals surface area contributed by atoms with Gasteiger partial charge in [-0.2, -0.15) is 0 Å². The molecule has 0 aromatic heterocycles. The molecule has 0 aromatic rings. The summed E-state index contributed by atoms with van der Waals surface area (Å²) >= 11 is 0. The first-order chi connectivity index (χ1) is 10.5. The molecule has 0 aromatic carbocycles. The first kappa shape index (κ1) is 21.7. The van der Waals surface area contributed by atoms with E-state index in [4.69, 9.17) is 15.2 Å². The fourth-order valence-electron chi connectivity index (χ4n) is 1.84. The van der Waals surface area contributed by atoms with Crippen molar-refractivity contribution in [2.24, 2.45) is 5.73 Å². The van der Waals surface area contributed by atoms with Crippen LogP contribution in [0.5, 0.6) is 0 Å². The van der Waals surface area contributed by atoms with Crippen molar-refractivity contribution in [1.29, 1.82) is 0 Å². The van der Waals surface area contributed by atoms with E-state index in [1.807, 2.05) is 0 Å². The summed E-state index contributed by atoms with van der Waals surface area (Å²) in [5.41, 5.74) is 4.15. The highest BCUT2D eigenvalue weighted by Gasteiger charge is 2.30. The van der Waals surface area contributed by atoms with Crippen LogP contribution in [-0.4, -0.2) is 41.4 Å². The number of carbonyl (C=O) groups excluding carboxylic acids is 2. The Labute approximate surface area is 140 Å². The second-order valence-corrected chi connectivity index (χ2v) is 7.67. The number of amides is 2. The van der Waals surface area contributed by atoms with Gasteiger partial charge in [-0.05, 0) is 60.9 Å². The van der Waals surface area contributed by atoms with E-state index in [2.05, 4.69) is 0 Å². The Balaban J connectivity index is 4.61. The fraction of sp³-hybridized carbons (Fsp3) is 0.882. The minimum atomic E-state index is -0.659. The molecule has 0 aliphatic heterocycles. The third kappa shape index (κ3) is 11.9. The molecule has 2 amide bonds. The van der Waals surface area contributed by atoms with Gasteiger partial charge >= 0.3 is 12.2 Å². The lowest BCUT2D eigenvalue weighted by Gasteiger charge is -2.28. The maximum Gasteiger partial charge on any atom is 0.419 e. The van der Waals surface area contributed by atoms with E-state index >= 15 is 0 Å². The summed E-state index contributed by atoms with van der Waals surface area (Å²) in [6, 6.07) is 0. The molecule has 0 aliphatic rings. The SMILES string of the molecule is CC(C)(C)OC(=O)N(CCCCCCCN)C(=O)OC(C)(C)C. The predicted molar refractivity (Wildman–Crippen MR) is 91.3 cm³/mol. The van der Waals surface area contributed by atoms with Crippen LogP contribution < -0.4 is 5.73 Å². The van der Waals surface area contributed by atoms with Crippen LogP contribution in [0.3, 0.4) is 0 Å². The highest BCUT2D eigenvalue weighted by molar-refractivity contribution is 5.88. The average Bonchev–Trinajstić information content (AvgIpc) is 2.33. The minimum Gasteiger partial charge on any atom is -0.443 e. The summed E-state index contributed by atoms with van der Waals surface area (Å²) < 4.78 is 10.6. The summed E-state index contributed by atoms with van der Waals surface area (Å²) in [7, 11) is 0. The largest absolute Gasteiger partial charge is 0.443 e. The van der Waals surface area contributed by atoms with E-state index in [1.54, 1.807) is 41.5 Å². The number of unbranched alkanes of at least 4 members (excludes halogenated alkanes) is 4. The Morgan fingerprint density at radius 2 is 1.17 bits per heavy atom.